The van der Waals surface area contributed by atoms with E-state index >= 15 is 0 Å². The summed E-state index contributed by atoms with van der Waals surface area (Å²) >= 11 is 0.194. The second-order valence-electron chi connectivity index (χ2n) is 6.21. The fraction of sp³-hybridized carbons (Fsp3) is 0.600. The molecule has 0 atom stereocenters. The molecule has 1 heterocycles. The van der Waals surface area contributed by atoms with E-state index in [1.54, 1.807) is 0 Å². The molecule has 12 heteroatoms. The molecule has 0 radical (unpaired) electrons. The van der Waals surface area contributed by atoms with Crippen LogP contribution in [0.15, 0.2) is 21.7 Å². The molecule has 0 aliphatic carbocycles. The molecule has 158 valence electrons. The summed E-state index contributed by atoms with van der Waals surface area (Å²) < 4.78 is 20.1. The Bertz CT molecular complexity index is 531. The van der Waals surface area contributed by atoms with Gasteiger partial charge in [0.25, 0.3) is 0 Å². The Morgan fingerprint density at radius 3 is 1.26 bits per heavy atom. The Hall–Kier alpha value is 0.419. The van der Waals surface area contributed by atoms with E-state index in [4.69, 9.17) is 29.7 Å². The maximum atomic E-state index is 4.76. The van der Waals surface area contributed by atoms with Gasteiger partial charge in [0.15, 0.2) is 16.7 Å². The van der Waals surface area contributed by atoms with Crippen LogP contribution in [0.3, 0.4) is 0 Å². The van der Waals surface area contributed by atoms with Crippen LogP contribution < -0.4 is 0 Å². The Morgan fingerprint density at radius 1 is 0.778 bits per heavy atom. The molecule has 0 saturated carbocycles. The van der Waals surface area contributed by atoms with E-state index < -0.39 is 16.7 Å². The Morgan fingerprint density at radius 2 is 1.04 bits per heavy atom. The average Bonchev–Trinajstić information content (AvgIpc) is 2.88. The first-order valence-corrected chi connectivity index (χ1v) is 13.4. The van der Waals surface area contributed by atoms with E-state index in [0.717, 1.165) is 11.4 Å². The summed E-state index contributed by atoms with van der Waals surface area (Å²) in [4.78, 5) is 0. The average molecular weight is 498 g/mol. The third kappa shape index (κ3) is 10.1. The molecule has 0 N–H and O–H groups in total. The van der Waals surface area contributed by atoms with Crippen molar-refractivity contribution in [3.05, 3.63) is 23.5 Å². The van der Waals surface area contributed by atoms with Crippen LogP contribution in [0.4, 0.5) is 0 Å². The number of halogens is 2. The van der Waals surface area contributed by atoms with Gasteiger partial charge in [-0.1, -0.05) is 0 Å². The van der Waals surface area contributed by atoms with Crippen molar-refractivity contribution in [1.29, 1.82) is 0 Å². The van der Waals surface area contributed by atoms with E-state index in [-0.39, 0.29) is 13.1 Å². The number of nitrogens with zero attached hydrogens (tertiary/aromatic N) is 7. The van der Waals surface area contributed by atoms with Crippen LogP contribution in [0.2, 0.25) is 0 Å². The zero-order valence-corrected chi connectivity index (χ0v) is 21.8. The van der Waals surface area contributed by atoms with Gasteiger partial charge < -0.3 is 4.57 Å². The van der Waals surface area contributed by atoms with Crippen LogP contribution in [-0.4, -0.2) is 92.1 Å². The van der Waals surface area contributed by atoms with Crippen molar-refractivity contribution in [3.8, 4) is 0 Å². The molecule has 1 aromatic rings. The summed E-state index contributed by atoms with van der Waals surface area (Å²) in [5.74, 6) is 0. The fourth-order valence-corrected chi connectivity index (χ4v) is 4.85. The van der Waals surface area contributed by atoms with E-state index in [0.29, 0.717) is 0 Å². The predicted octanol–water partition coefficient (Wildman–Crippen LogP) is 3.94. The zero-order chi connectivity index (χ0) is 21.1. The first kappa shape index (κ1) is 27.4. The van der Waals surface area contributed by atoms with Gasteiger partial charge in [-0.25, -0.2) is 9.53 Å². The SMILES string of the molecule is CN(C)P(/N=C/c1ccc(/C=N/P(N(C)C)N(C)C)n1C)N(C)C.[Cl][Fe][Cl]. The van der Waals surface area contributed by atoms with Gasteiger partial charge in [0.1, 0.15) is 0 Å². The summed E-state index contributed by atoms with van der Waals surface area (Å²) in [5, 5.41) is 0. The normalized spacial score (nSPS) is 12.8. The van der Waals surface area contributed by atoms with Crippen LogP contribution in [0.25, 0.3) is 0 Å². The van der Waals surface area contributed by atoms with Crippen LogP contribution in [-0.2, 0) is 20.2 Å². The standard InChI is InChI=1S/C15H31N7P2.2ClH.Fe/c1-18(2)23(19(3)4)16-12-14-10-11-15(22(14)9)13-17-24(20(5)6)21(7)8;;;/h10-13H,1-9H3;2*1H;/q;;;+2/p-2/b16-12+,17-13+;;;. The third-order valence-corrected chi connectivity index (χ3v) is 6.72. The van der Waals surface area contributed by atoms with Gasteiger partial charge >= 0.3 is 33.3 Å². The van der Waals surface area contributed by atoms with Gasteiger partial charge in [0.2, 0.25) is 0 Å². The van der Waals surface area contributed by atoms with Crippen molar-refractivity contribution in [1.82, 2.24) is 23.2 Å². The minimum absolute atomic E-state index is 0.194. The molecule has 0 aliphatic heterocycles. The van der Waals surface area contributed by atoms with E-state index in [2.05, 4.69) is 91.8 Å². The molecule has 0 fully saturated rings. The summed E-state index contributed by atoms with van der Waals surface area (Å²) in [6, 6.07) is 4.16. The Balaban J connectivity index is 0.00000210. The van der Waals surface area contributed by atoms with Crippen LogP contribution >= 0.6 is 36.9 Å². The molecule has 1 aromatic heterocycles. The number of hydrogen-bond donors (Lipinski definition) is 0. The van der Waals surface area contributed by atoms with Crippen molar-refractivity contribution < 1.29 is 13.1 Å². The molecule has 0 aliphatic rings. The quantitative estimate of drug-likeness (QED) is 0.310. The zero-order valence-electron chi connectivity index (χ0n) is 17.4. The Kier molecular flexibility index (Phi) is 14.6. The van der Waals surface area contributed by atoms with E-state index in [1.807, 2.05) is 19.5 Å². The van der Waals surface area contributed by atoms with Crippen molar-refractivity contribution in [2.75, 3.05) is 56.4 Å². The molecule has 27 heavy (non-hydrogen) atoms. The van der Waals surface area contributed by atoms with Gasteiger partial charge in [-0.3, -0.25) is 18.7 Å². The van der Waals surface area contributed by atoms with Gasteiger partial charge in [-0.15, -0.1) is 0 Å². The first-order valence-electron chi connectivity index (χ1n) is 7.94. The van der Waals surface area contributed by atoms with Crippen molar-refractivity contribution in [2.24, 2.45) is 16.6 Å². The van der Waals surface area contributed by atoms with Gasteiger partial charge in [0, 0.05) is 7.05 Å². The molecule has 1 rings (SSSR count). The monoisotopic (exact) mass is 497 g/mol. The molecule has 0 spiro atoms. The molecule has 0 amide bonds. The van der Waals surface area contributed by atoms with Crippen LogP contribution in [0.1, 0.15) is 11.4 Å². The fourth-order valence-electron chi connectivity index (χ4n) is 2.15. The molecular formula is C15H31Cl2FeN7P2. The summed E-state index contributed by atoms with van der Waals surface area (Å²) in [6.07, 6.45) is 3.90. The predicted molar refractivity (Wildman–Crippen MR) is 121 cm³/mol. The maximum absolute atomic E-state index is 4.76. The summed E-state index contributed by atoms with van der Waals surface area (Å²) in [5.41, 5.74) is 2.15. The second-order valence-corrected chi connectivity index (χ2v) is 12.8. The summed E-state index contributed by atoms with van der Waals surface area (Å²) in [7, 11) is 26.7. The van der Waals surface area contributed by atoms with Gasteiger partial charge in [-0.05, 0) is 68.5 Å². The third-order valence-electron chi connectivity index (χ3n) is 3.22. The minimum atomic E-state index is -0.662. The summed E-state index contributed by atoms with van der Waals surface area (Å²) in [6.45, 7) is 0. The second kappa shape index (κ2) is 14.4. The Labute approximate surface area is 181 Å². The molecule has 0 aromatic carbocycles. The molecule has 0 saturated heterocycles. The number of aromatic nitrogens is 1. The van der Waals surface area contributed by atoms with Crippen molar-refractivity contribution in [3.63, 3.8) is 0 Å². The number of hydrogen-bond acceptors (Lipinski definition) is 6. The molecule has 0 bridgehead atoms. The number of rotatable bonds is 8. The topological polar surface area (TPSA) is 42.6 Å². The van der Waals surface area contributed by atoms with Crippen molar-refractivity contribution in [2.45, 2.75) is 0 Å². The van der Waals surface area contributed by atoms with E-state index in [1.165, 1.54) is 0 Å². The van der Waals surface area contributed by atoms with Gasteiger partial charge in [-0.2, -0.15) is 0 Å². The molecule has 0 unspecified atom stereocenters. The molecular weight excluding hydrogens is 467 g/mol. The van der Waals surface area contributed by atoms with Gasteiger partial charge in [0.05, 0.1) is 23.8 Å². The van der Waals surface area contributed by atoms with Crippen LogP contribution in [0, 0.1) is 0 Å². The van der Waals surface area contributed by atoms with E-state index in [9.17, 15) is 0 Å². The van der Waals surface area contributed by atoms with Crippen LogP contribution in [0.5, 0.6) is 0 Å². The van der Waals surface area contributed by atoms with Crippen molar-refractivity contribution >= 4 is 49.4 Å². The molecule has 7 nitrogen and oxygen atoms in total. The first-order chi connectivity index (χ1) is 12.6.